The minimum absolute atomic E-state index is 0.0476. The third-order valence-electron chi connectivity index (χ3n) is 9.10. The monoisotopic (exact) mass is 602 g/mol. The Bertz CT molecular complexity index is 1700. The van der Waals surface area contributed by atoms with Gasteiger partial charge in [-0.05, 0) is 130 Å². The Morgan fingerprint density at radius 3 is 2.39 bits per heavy atom. The second kappa shape index (κ2) is 14.4. The van der Waals surface area contributed by atoms with Gasteiger partial charge in [-0.3, -0.25) is 0 Å². The maximum Gasteiger partial charge on any atom is 0.0626 e. The van der Waals surface area contributed by atoms with E-state index in [4.69, 9.17) is 11.6 Å². The average Bonchev–Trinajstić information content (AvgIpc) is 3.05. The molecule has 0 saturated carbocycles. The van der Waals surface area contributed by atoms with Crippen molar-refractivity contribution < 1.29 is 5.11 Å². The fourth-order valence-electron chi connectivity index (χ4n) is 6.30. The van der Waals surface area contributed by atoms with E-state index in [0.29, 0.717) is 6.54 Å². The highest BCUT2D eigenvalue weighted by Gasteiger charge is 2.16. The third kappa shape index (κ3) is 6.82. The quantitative estimate of drug-likeness (QED) is 0.142. The van der Waals surface area contributed by atoms with E-state index in [2.05, 4.69) is 105 Å². The molecular weight excluding hydrogens is 560 g/mol. The summed E-state index contributed by atoms with van der Waals surface area (Å²) < 4.78 is 0. The van der Waals surface area contributed by atoms with Crippen LogP contribution in [-0.4, -0.2) is 24.3 Å². The van der Waals surface area contributed by atoms with E-state index in [0.717, 1.165) is 59.6 Å². The first-order valence-electron chi connectivity index (χ1n) is 15.4. The van der Waals surface area contributed by atoms with Crippen molar-refractivity contribution in [2.75, 3.05) is 13.2 Å². The number of benzene rings is 4. The van der Waals surface area contributed by atoms with Gasteiger partial charge >= 0.3 is 0 Å². The number of hydrogen-bond acceptors (Lipinski definition) is 3. The van der Waals surface area contributed by atoms with Crippen LogP contribution in [0.2, 0.25) is 5.02 Å². The van der Waals surface area contributed by atoms with Crippen molar-refractivity contribution in [3.8, 4) is 22.3 Å². The third-order valence-corrected chi connectivity index (χ3v) is 9.45. The minimum Gasteiger partial charge on any atom is -0.394 e. The smallest absolute Gasteiger partial charge is 0.0626 e. The summed E-state index contributed by atoms with van der Waals surface area (Å²) in [6.45, 7) is 18.7. The molecule has 1 aliphatic rings. The van der Waals surface area contributed by atoms with Gasteiger partial charge in [-0.25, -0.2) is 0 Å². The highest BCUT2D eigenvalue weighted by atomic mass is 35.5. The maximum absolute atomic E-state index is 9.72. The lowest BCUT2D eigenvalue weighted by Gasteiger charge is -2.20. The molecule has 5 rings (SSSR count). The molecule has 0 fully saturated rings. The zero-order valence-corrected chi connectivity index (χ0v) is 26.7. The first kappa shape index (κ1) is 31.7. The Morgan fingerprint density at radius 1 is 0.909 bits per heavy atom. The molecule has 4 aromatic rings. The summed E-state index contributed by atoms with van der Waals surface area (Å²) in [5.74, 6) is 0. The summed E-state index contributed by atoms with van der Waals surface area (Å²) >= 11 is 6.82. The average molecular weight is 603 g/mol. The number of nitrogens with one attached hydrogen (secondary N) is 2. The van der Waals surface area contributed by atoms with Crippen LogP contribution in [0.15, 0.2) is 98.1 Å². The molecule has 44 heavy (non-hydrogen) atoms. The normalized spacial score (nSPS) is 13.3. The number of rotatable bonds is 12. The Balaban J connectivity index is 1.36. The lowest BCUT2D eigenvalue weighted by atomic mass is 9.87. The Morgan fingerprint density at radius 2 is 1.64 bits per heavy atom. The summed E-state index contributed by atoms with van der Waals surface area (Å²) in [7, 11) is 0. The molecular formula is C40H43ClN2O. The van der Waals surface area contributed by atoms with Gasteiger partial charge in [-0.2, -0.15) is 0 Å². The molecule has 0 bridgehead atoms. The van der Waals surface area contributed by atoms with Crippen molar-refractivity contribution in [2.24, 2.45) is 0 Å². The molecule has 3 N–H and O–H groups in total. The fourth-order valence-corrected chi connectivity index (χ4v) is 6.59. The molecule has 0 aliphatic carbocycles. The lowest BCUT2D eigenvalue weighted by molar-refractivity contribution is 0.260. The molecule has 0 spiro atoms. The van der Waals surface area contributed by atoms with Crippen molar-refractivity contribution in [1.82, 2.24) is 10.6 Å². The van der Waals surface area contributed by atoms with Gasteiger partial charge < -0.3 is 15.7 Å². The van der Waals surface area contributed by atoms with E-state index in [-0.39, 0.29) is 12.6 Å². The lowest BCUT2D eigenvalue weighted by Crippen LogP contribution is -2.33. The van der Waals surface area contributed by atoms with Gasteiger partial charge in [0.05, 0.1) is 12.6 Å². The first-order chi connectivity index (χ1) is 21.3. The van der Waals surface area contributed by atoms with Crippen LogP contribution < -0.4 is 10.6 Å². The highest BCUT2D eigenvalue weighted by Crippen LogP contribution is 2.36. The van der Waals surface area contributed by atoms with Gasteiger partial charge in [0, 0.05) is 18.1 Å². The van der Waals surface area contributed by atoms with Crippen LogP contribution in [0.25, 0.3) is 28.3 Å². The molecule has 3 nitrogen and oxygen atoms in total. The van der Waals surface area contributed by atoms with Gasteiger partial charge in [-0.1, -0.05) is 92.0 Å². The molecule has 0 saturated heterocycles. The zero-order valence-electron chi connectivity index (χ0n) is 26.0. The summed E-state index contributed by atoms with van der Waals surface area (Å²) in [5, 5.41) is 17.3. The summed E-state index contributed by atoms with van der Waals surface area (Å²) in [6.07, 6.45) is 6.34. The van der Waals surface area contributed by atoms with Crippen molar-refractivity contribution in [3.05, 3.63) is 148 Å². The second-order valence-electron chi connectivity index (χ2n) is 11.7. The summed E-state index contributed by atoms with van der Waals surface area (Å²) in [4.78, 5) is 0. The van der Waals surface area contributed by atoms with Crippen LogP contribution in [0.1, 0.15) is 44.5 Å². The molecule has 0 aromatic heterocycles. The minimum atomic E-state index is -0.251. The first-order valence-corrected chi connectivity index (χ1v) is 15.8. The summed E-state index contributed by atoms with van der Waals surface area (Å²) in [5.41, 5.74) is 15.9. The van der Waals surface area contributed by atoms with Gasteiger partial charge in [0.15, 0.2) is 0 Å². The Labute approximate surface area is 268 Å². The van der Waals surface area contributed by atoms with Gasteiger partial charge in [0.1, 0.15) is 0 Å². The van der Waals surface area contributed by atoms with E-state index in [1.807, 2.05) is 12.1 Å². The highest BCUT2D eigenvalue weighted by molar-refractivity contribution is 6.31. The molecule has 1 heterocycles. The topological polar surface area (TPSA) is 44.3 Å². The van der Waals surface area contributed by atoms with Gasteiger partial charge in [0.25, 0.3) is 0 Å². The predicted molar refractivity (Wildman–Crippen MR) is 188 cm³/mol. The van der Waals surface area contributed by atoms with Crippen LogP contribution >= 0.6 is 11.6 Å². The van der Waals surface area contributed by atoms with Gasteiger partial charge in [0.2, 0.25) is 0 Å². The molecule has 4 aromatic carbocycles. The van der Waals surface area contributed by atoms with Gasteiger partial charge in [-0.15, -0.1) is 0 Å². The van der Waals surface area contributed by atoms with Crippen LogP contribution in [0.4, 0.5) is 0 Å². The van der Waals surface area contributed by atoms with Crippen molar-refractivity contribution in [3.63, 3.8) is 0 Å². The Hall–Kier alpha value is -3.73. The number of aliphatic hydroxyl groups is 1. The van der Waals surface area contributed by atoms with Crippen LogP contribution in [0.5, 0.6) is 0 Å². The van der Waals surface area contributed by atoms with E-state index >= 15 is 0 Å². The number of hydrogen-bond donors (Lipinski definition) is 3. The van der Waals surface area contributed by atoms with E-state index in [1.54, 1.807) is 6.08 Å². The van der Waals surface area contributed by atoms with E-state index in [9.17, 15) is 5.11 Å². The molecule has 1 unspecified atom stereocenters. The van der Waals surface area contributed by atoms with Crippen LogP contribution in [0, 0.1) is 13.8 Å². The van der Waals surface area contributed by atoms with Crippen molar-refractivity contribution in [2.45, 2.75) is 52.2 Å². The Kier molecular flexibility index (Phi) is 10.3. The molecule has 1 atom stereocenters. The second-order valence-corrected chi connectivity index (χ2v) is 12.1. The standard InChI is InChI=1S/C40H43ClN2O/c1-6-26(3)40(25-44)43-24-35-22-39(41)33(20-29(35)7-2)17-14-30-10-8-12-37(27(30)4)38-13-9-11-36(28(38)5)32-16-15-31-18-19-42-23-34(31)21-32/h6-13,15-16,20-22,40,42-44H,1-3,14,17-19,23-25H2,4-5H3. The molecule has 0 radical (unpaired) electrons. The van der Waals surface area contributed by atoms with Crippen LogP contribution in [-0.2, 0) is 32.4 Å². The van der Waals surface area contributed by atoms with E-state index in [1.165, 1.54) is 50.1 Å². The molecule has 226 valence electrons. The molecule has 4 heteroatoms. The zero-order chi connectivity index (χ0) is 31.2. The van der Waals surface area contributed by atoms with Crippen molar-refractivity contribution >= 4 is 17.7 Å². The number of fused-ring (bicyclic) bond motifs is 1. The fraction of sp³-hybridized carbons (Fsp3) is 0.250. The summed E-state index contributed by atoms with van der Waals surface area (Å²) in [6, 6.07) is 24.2. The number of aliphatic hydroxyl groups excluding tert-OH is 1. The molecule has 0 amide bonds. The number of halogens is 1. The predicted octanol–water partition coefficient (Wildman–Crippen LogP) is 8.56. The maximum atomic E-state index is 9.72. The number of aryl methyl sites for hydroxylation is 2. The largest absolute Gasteiger partial charge is 0.394 e. The van der Waals surface area contributed by atoms with Crippen molar-refractivity contribution in [1.29, 1.82) is 0 Å². The molecule has 1 aliphatic heterocycles. The SMILES string of the molecule is C=CC(=C)C(CO)NCc1cc(Cl)c(CCc2cccc(-c3cccc(-c4ccc5c(c4)CNCC5)c3C)c2C)cc1C=C. The van der Waals surface area contributed by atoms with E-state index < -0.39 is 0 Å². The van der Waals surface area contributed by atoms with Crippen LogP contribution in [0.3, 0.4) is 0 Å².